The lowest BCUT2D eigenvalue weighted by Gasteiger charge is -2.26. The van der Waals surface area contributed by atoms with Gasteiger partial charge in [0.05, 0.1) is 36.1 Å². The molecule has 6 nitrogen and oxygen atoms in total. The van der Waals surface area contributed by atoms with Gasteiger partial charge in [-0.25, -0.2) is 4.68 Å². The molecule has 0 unspecified atom stereocenters. The maximum absolute atomic E-state index is 6.37. The predicted molar refractivity (Wildman–Crippen MR) is 98.5 cm³/mol. The Morgan fingerprint density at radius 2 is 2.15 bits per heavy atom. The maximum atomic E-state index is 6.37. The number of likely N-dealkylation sites (tertiary alicyclic amines) is 1. The van der Waals surface area contributed by atoms with Crippen LogP contribution in [0, 0.1) is 5.92 Å². The molecular formula is C18H20Cl2N4O2. The van der Waals surface area contributed by atoms with Gasteiger partial charge in [-0.05, 0) is 30.5 Å². The van der Waals surface area contributed by atoms with Gasteiger partial charge in [0.2, 0.25) is 0 Å². The number of aromatic nitrogens is 3. The SMILES string of the molecule is Clc1ccc(-c2nnn3c2CO[C@@H]2CN(C[C@@H]4CCOC4)C[C@H]23)c(Cl)c1. The van der Waals surface area contributed by atoms with Crippen LogP contribution in [0.15, 0.2) is 18.2 Å². The second kappa shape index (κ2) is 6.77. The van der Waals surface area contributed by atoms with E-state index in [1.807, 2.05) is 16.8 Å². The lowest BCUT2D eigenvalue weighted by molar-refractivity contribution is -0.00507. The number of ether oxygens (including phenoxy) is 2. The van der Waals surface area contributed by atoms with Crippen molar-refractivity contribution in [2.45, 2.75) is 25.2 Å². The van der Waals surface area contributed by atoms with Crippen LogP contribution in [0.3, 0.4) is 0 Å². The molecule has 0 N–H and O–H groups in total. The second-order valence-corrected chi connectivity index (χ2v) is 8.16. The summed E-state index contributed by atoms with van der Waals surface area (Å²) in [6.07, 6.45) is 1.32. The molecule has 2 aromatic rings. The van der Waals surface area contributed by atoms with Gasteiger partial charge in [0, 0.05) is 36.8 Å². The normalized spacial score (nSPS) is 28.3. The van der Waals surface area contributed by atoms with Crippen molar-refractivity contribution in [3.8, 4) is 11.3 Å². The van der Waals surface area contributed by atoms with E-state index in [9.17, 15) is 0 Å². The van der Waals surface area contributed by atoms with E-state index in [2.05, 4.69) is 15.2 Å². The highest BCUT2D eigenvalue weighted by Gasteiger charge is 2.41. The molecule has 1 aromatic heterocycles. The molecule has 0 aliphatic carbocycles. The number of nitrogens with zero attached hydrogens (tertiary/aromatic N) is 4. The molecule has 2 fully saturated rings. The minimum absolute atomic E-state index is 0.167. The Hall–Kier alpha value is -1.18. The van der Waals surface area contributed by atoms with Crippen molar-refractivity contribution in [1.82, 2.24) is 19.9 Å². The Balaban J connectivity index is 1.40. The Morgan fingerprint density at radius 1 is 1.23 bits per heavy atom. The highest BCUT2D eigenvalue weighted by atomic mass is 35.5. The van der Waals surface area contributed by atoms with E-state index in [0.29, 0.717) is 22.6 Å². The Bertz CT molecular complexity index is 822. The van der Waals surface area contributed by atoms with Crippen LogP contribution in [0.5, 0.6) is 0 Å². The Labute approximate surface area is 162 Å². The van der Waals surface area contributed by atoms with Gasteiger partial charge in [-0.3, -0.25) is 4.90 Å². The van der Waals surface area contributed by atoms with E-state index in [-0.39, 0.29) is 12.1 Å². The molecule has 1 aromatic carbocycles. The third-order valence-electron chi connectivity index (χ3n) is 5.58. The van der Waals surface area contributed by atoms with Crippen molar-refractivity contribution in [3.05, 3.63) is 33.9 Å². The molecule has 4 heterocycles. The average molecular weight is 395 g/mol. The van der Waals surface area contributed by atoms with Crippen molar-refractivity contribution in [2.24, 2.45) is 5.92 Å². The smallest absolute Gasteiger partial charge is 0.120 e. The van der Waals surface area contributed by atoms with Gasteiger partial charge in [0.15, 0.2) is 0 Å². The lowest BCUT2D eigenvalue weighted by Crippen LogP contribution is -2.32. The van der Waals surface area contributed by atoms with Gasteiger partial charge in [0.25, 0.3) is 0 Å². The summed E-state index contributed by atoms with van der Waals surface area (Å²) in [7, 11) is 0. The van der Waals surface area contributed by atoms with Crippen LogP contribution >= 0.6 is 23.2 Å². The van der Waals surface area contributed by atoms with Crippen LogP contribution in [-0.2, 0) is 16.1 Å². The van der Waals surface area contributed by atoms with Gasteiger partial charge in [-0.1, -0.05) is 28.4 Å². The topological polar surface area (TPSA) is 52.4 Å². The zero-order chi connectivity index (χ0) is 17.7. The molecule has 26 heavy (non-hydrogen) atoms. The first-order valence-electron chi connectivity index (χ1n) is 9.00. The highest BCUT2D eigenvalue weighted by molar-refractivity contribution is 6.36. The van der Waals surface area contributed by atoms with Gasteiger partial charge in [-0.15, -0.1) is 5.10 Å². The molecule has 0 spiro atoms. The molecule has 5 rings (SSSR count). The molecule has 138 valence electrons. The second-order valence-electron chi connectivity index (χ2n) is 7.32. The standard InChI is InChI=1S/C18H20Cl2N4O2/c19-12-1-2-13(14(20)5-12)18-16-10-26-17-8-23(6-11-3-4-25-9-11)7-15(17)24(16)22-21-18/h1-2,5,11,15,17H,3-4,6-10H2/t11-,15+,17+/m0/s1. The van der Waals surface area contributed by atoms with Gasteiger partial charge in [0.1, 0.15) is 5.69 Å². The molecule has 8 heteroatoms. The largest absolute Gasteiger partial charge is 0.381 e. The van der Waals surface area contributed by atoms with E-state index in [1.54, 1.807) is 6.07 Å². The van der Waals surface area contributed by atoms with E-state index in [4.69, 9.17) is 32.7 Å². The fraction of sp³-hybridized carbons (Fsp3) is 0.556. The number of fused-ring (bicyclic) bond motifs is 3. The molecule has 0 radical (unpaired) electrons. The third-order valence-corrected chi connectivity index (χ3v) is 6.13. The maximum Gasteiger partial charge on any atom is 0.120 e. The third kappa shape index (κ3) is 2.94. The minimum atomic E-state index is 0.167. The van der Waals surface area contributed by atoms with Crippen molar-refractivity contribution < 1.29 is 9.47 Å². The highest BCUT2D eigenvalue weighted by Crippen LogP contribution is 2.37. The Kier molecular flexibility index (Phi) is 4.41. The minimum Gasteiger partial charge on any atom is -0.381 e. The number of halogens is 2. The molecule has 3 aliphatic rings. The van der Waals surface area contributed by atoms with E-state index in [1.165, 1.54) is 0 Å². The molecule has 3 aliphatic heterocycles. The zero-order valence-corrected chi connectivity index (χ0v) is 15.8. The summed E-state index contributed by atoms with van der Waals surface area (Å²) < 4.78 is 13.7. The Morgan fingerprint density at radius 3 is 2.96 bits per heavy atom. The van der Waals surface area contributed by atoms with Gasteiger partial charge >= 0.3 is 0 Å². The summed E-state index contributed by atoms with van der Waals surface area (Å²) in [5, 5.41) is 10.1. The number of benzene rings is 1. The van der Waals surface area contributed by atoms with E-state index >= 15 is 0 Å². The average Bonchev–Trinajstić information content (AvgIpc) is 3.33. The zero-order valence-electron chi connectivity index (χ0n) is 14.3. The van der Waals surface area contributed by atoms with E-state index < -0.39 is 0 Å². The first-order chi connectivity index (χ1) is 12.7. The van der Waals surface area contributed by atoms with Gasteiger partial charge < -0.3 is 9.47 Å². The molecule has 0 saturated carbocycles. The summed E-state index contributed by atoms with van der Waals surface area (Å²) in [6, 6.07) is 5.65. The van der Waals surface area contributed by atoms with Crippen LogP contribution in [0.25, 0.3) is 11.3 Å². The van der Waals surface area contributed by atoms with Crippen LogP contribution in [-0.4, -0.2) is 58.8 Å². The summed E-state index contributed by atoms with van der Waals surface area (Å²) in [5.74, 6) is 0.633. The van der Waals surface area contributed by atoms with Crippen LogP contribution < -0.4 is 0 Å². The van der Waals surface area contributed by atoms with Gasteiger partial charge in [-0.2, -0.15) is 0 Å². The molecule has 3 atom stereocenters. The first-order valence-corrected chi connectivity index (χ1v) is 9.76. The van der Waals surface area contributed by atoms with Crippen molar-refractivity contribution in [3.63, 3.8) is 0 Å². The summed E-state index contributed by atoms with van der Waals surface area (Å²) in [5.41, 5.74) is 2.62. The number of rotatable bonds is 3. The quantitative estimate of drug-likeness (QED) is 0.800. The van der Waals surface area contributed by atoms with Crippen LogP contribution in [0.2, 0.25) is 10.0 Å². The molecule has 0 amide bonds. The molecule has 2 saturated heterocycles. The fourth-order valence-electron chi connectivity index (χ4n) is 4.26. The number of hydrogen-bond acceptors (Lipinski definition) is 5. The van der Waals surface area contributed by atoms with Crippen molar-refractivity contribution >= 4 is 23.2 Å². The fourth-order valence-corrected chi connectivity index (χ4v) is 4.76. The summed E-state index contributed by atoms with van der Waals surface area (Å²) >= 11 is 12.4. The van der Waals surface area contributed by atoms with E-state index in [0.717, 1.165) is 56.2 Å². The number of hydrogen-bond donors (Lipinski definition) is 0. The summed E-state index contributed by atoms with van der Waals surface area (Å²) in [4.78, 5) is 2.47. The van der Waals surface area contributed by atoms with Crippen LogP contribution in [0.1, 0.15) is 18.2 Å². The molecule has 0 bridgehead atoms. The monoisotopic (exact) mass is 394 g/mol. The predicted octanol–water partition coefficient (Wildman–Crippen LogP) is 3.04. The summed E-state index contributed by atoms with van der Waals surface area (Å²) in [6.45, 7) is 5.21. The first kappa shape index (κ1) is 17.0. The van der Waals surface area contributed by atoms with Crippen LogP contribution in [0.4, 0.5) is 0 Å². The van der Waals surface area contributed by atoms with Crippen molar-refractivity contribution in [2.75, 3.05) is 32.8 Å². The lowest BCUT2D eigenvalue weighted by atomic mass is 10.1. The molecular weight excluding hydrogens is 375 g/mol. The van der Waals surface area contributed by atoms with Crippen molar-refractivity contribution in [1.29, 1.82) is 0 Å².